The fourth-order valence-corrected chi connectivity index (χ4v) is 6.27. The highest BCUT2D eigenvalue weighted by atomic mass is 79.9. The molecule has 0 aliphatic heterocycles. The number of amides is 1. The standard InChI is InChI=1S/C27H34BrNO6S/c1-17(30)29(15-18-10-7-6-8-11-18)20-13-9-12-19(14-20)24-22(28)23(25(36-24)26(32)33-5)34-16-21(31)35-27(2,3)4/h9,12-14,18H,6-8,10-11,15-16H2,1-5H3. The number of ether oxygens (including phenoxy) is 3. The number of carbonyl (C=O) groups excluding carboxylic acids is 3. The monoisotopic (exact) mass is 579 g/mol. The molecule has 1 aliphatic carbocycles. The van der Waals surface area contributed by atoms with Gasteiger partial charge in [-0.3, -0.25) is 4.79 Å². The predicted octanol–water partition coefficient (Wildman–Crippen LogP) is 6.62. The Morgan fingerprint density at radius 2 is 1.83 bits per heavy atom. The van der Waals surface area contributed by atoms with E-state index in [0.29, 0.717) is 16.9 Å². The number of halogens is 1. The van der Waals surface area contributed by atoms with Gasteiger partial charge in [0.15, 0.2) is 17.2 Å². The molecule has 1 fully saturated rings. The van der Waals surface area contributed by atoms with E-state index >= 15 is 0 Å². The Morgan fingerprint density at radius 1 is 1.14 bits per heavy atom. The Balaban J connectivity index is 1.91. The smallest absolute Gasteiger partial charge is 0.351 e. The van der Waals surface area contributed by atoms with Gasteiger partial charge in [0, 0.05) is 19.2 Å². The molecule has 0 spiro atoms. The van der Waals surface area contributed by atoms with Crippen molar-refractivity contribution in [2.24, 2.45) is 5.92 Å². The summed E-state index contributed by atoms with van der Waals surface area (Å²) in [6, 6.07) is 7.68. The van der Waals surface area contributed by atoms with Crippen LogP contribution in [0.5, 0.6) is 5.75 Å². The topological polar surface area (TPSA) is 82.1 Å². The summed E-state index contributed by atoms with van der Waals surface area (Å²) in [5, 5.41) is 0. The van der Waals surface area contributed by atoms with Crippen molar-refractivity contribution in [2.75, 3.05) is 25.2 Å². The van der Waals surface area contributed by atoms with Gasteiger partial charge in [-0.2, -0.15) is 0 Å². The molecule has 1 aliphatic rings. The van der Waals surface area contributed by atoms with Crippen LogP contribution in [-0.4, -0.2) is 43.7 Å². The molecule has 0 atom stereocenters. The van der Waals surface area contributed by atoms with Gasteiger partial charge in [0.2, 0.25) is 5.91 Å². The maximum absolute atomic E-state index is 12.6. The summed E-state index contributed by atoms with van der Waals surface area (Å²) in [7, 11) is 1.30. The first-order valence-corrected chi connectivity index (χ1v) is 13.7. The number of carbonyl (C=O) groups is 3. The van der Waals surface area contributed by atoms with Gasteiger partial charge >= 0.3 is 11.9 Å². The third-order valence-electron chi connectivity index (χ3n) is 5.90. The van der Waals surface area contributed by atoms with Gasteiger partial charge in [-0.15, -0.1) is 11.3 Å². The number of rotatable bonds is 8. The van der Waals surface area contributed by atoms with Gasteiger partial charge < -0.3 is 19.1 Å². The molecule has 0 bridgehead atoms. The molecule has 9 heteroatoms. The van der Waals surface area contributed by atoms with Crippen molar-refractivity contribution in [3.05, 3.63) is 33.6 Å². The molecule has 0 N–H and O–H groups in total. The number of nitrogens with zero attached hydrogens (tertiary/aromatic N) is 1. The lowest BCUT2D eigenvalue weighted by molar-refractivity contribution is -0.157. The Morgan fingerprint density at radius 3 is 2.44 bits per heavy atom. The van der Waals surface area contributed by atoms with Crippen LogP contribution in [0.2, 0.25) is 0 Å². The Kier molecular flexibility index (Phi) is 9.58. The quantitative estimate of drug-likeness (QED) is 0.327. The lowest BCUT2D eigenvalue weighted by atomic mass is 9.89. The predicted molar refractivity (Wildman–Crippen MR) is 145 cm³/mol. The lowest BCUT2D eigenvalue weighted by Gasteiger charge is -2.29. The van der Waals surface area contributed by atoms with Gasteiger partial charge in [0.1, 0.15) is 5.60 Å². The third-order valence-corrected chi connectivity index (χ3v) is 8.12. The van der Waals surface area contributed by atoms with E-state index in [2.05, 4.69) is 15.9 Å². The van der Waals surface area contributed by atoms with Crippen LogP contribution in [-0.2, 0) is 19.1 Å². The van der Waals surface area contributed by atoms with Crippen LogP contribution in [0.25, 0.3) is 10.4 Å². The fourth-order valence-electron chi connectivity index (χ4n) is 4.30. The van der Waals surface area contributed by atoms with Crippen molar-refractivity contribution in [1.29, 1.82) is 0 Å². The summed E-state index contributed by atoms with van der Waals surface area (Å²) in [5.74, 6) is -0.383. The van der Waals surface area contributed by atoms with E-state index in [1.54, 1.807) is 27.7 Å². The zero-order chi connectivity index (χ0) is 26.5. The number of anilines is 1. The number of hydrogen-bond donors (Lipinski definition) is 0. The minimum atomic E-state index is -0.649. The van der Waals surface area contributed by atoms with Crippen molar-refractivity contribution in [1.82, 2.24) is 0 Å². The second-order valence-corrected chi connectivity index (χ2v) is 11.8. The molecule has 1 saturated carbocycles. The van der Waals surface area contributed by atoms with Crippen molar-refractivity contribution < 1.29 is 28.6 Å². The molecule has 1 heterocycles. The Labute approximate surface area is 225 Å². The second-order valence-electron chi connectivity index (χ2n) is 9.95. The summed E-state index contributed by atoms with van der Waals surface area (Å²) in [5.41, 5.74) is 0.974. The molecular formula is C27H34BrNO6S. The fraction of sp³-hybridized carbons (Fsp3) is 0.519. The molecule has 1 aromatic heterocycles. The highest BCUT2D eigenvalue weighted by Crippen LogP contribution is 2.46. The van der Waals surface area contributed by atoms with E-state index in [0.717, 1.165) is 29.0 Å². The van der Waals surface area contributed by atoms with Crippen LogP contribution < -0.4 is 9.64 Å². The maximum atomic E-state index is 12.6. The number of thiophene rings is 1. The summed E-state index contributed by atoms with van der Waals surface area (Å²) in [4.78, 5) is 40.1. The van der Waals surface area contributed by atoms with Crippen molar-refractivity contribution in [3.8, 4) is 16.2 Å². The van der Waals surface area contributed by atoms with E-state index in [1.807, 2.05) is 29.2 Å². The normalized spacial score (nSPS) is 14.3. The van der Waals surface area contributed by atoms with E-state index in [4.69, 9.17) is 14.2 Å². The molecule has 1 aromatic carbocycles. The van der Waals surface area contributed by atoms with Gasteiger partial charge in [0.25, 0.3) is 0 Å². The van der Waals surface area contributed by atoms with Crippen LogP contribution in [0.4, 0.5) is 5.69 Å². The van der Waals surface area contributed by atoms with Gasteiger partial charge in [-0.25, -0.2) is 9.59 Å². The van der Waals surface area contributed by atoms with Gasteiger partial charge in [0.05, 0.1) is 16.5 Å². The molecule has 0 unspecified atom stereocenters. The van der Waals surface area contributed by atoms with E-state index in [1.165, 1.54) is 37.7 Å². The summed E-state index contributed by atoms with van der Waals surface area (Å²) in [6.45, 7) is 7.26. The third kappa shape index (κ3) is 7.32. The van der Waals surface area contributed by atoms with Crippen LogP contribution in [0.1, 0.15) is 69.5 Å². The second kappa shape index (κ2) is 12.2. The van der Waals surface area contributed by atoms with E-state index < -0.39 is 17.5 Å². The van der Waals surface area contributed by atoms with Crippen LogP contribution in [0.15, 0.2) is 28.7 Å². The van der Waals surface area contributed by atoms with E-state index in [9.17, 15) is 14.4 Å². The first-order chi connectivity index (χ1) is 17.0. The molecular weight excluding hydrogens is 546 g/mol. The van der Waals surface area contributed by atoms with Crippen LogP contribution in [0.3, 0.4) is 0 Å². The van der Waals surface area contributed by atoms with Crippen LogP contribution in [0, 0.1) is 5.92 Å². The van der Waals surface area contributed by atoms with Crippen LogP contribution >= 0.6 is 27.3 Å². The largest absolute Gasteiger partial charge is 0.479 e. The lowest BCUT2D eigenvalue weighted by Crippen LogP contribution is -2.34. The summed E-state index contributed by atoms with van der Waals surface area (Å²) in [6.07, 6.45) is 5.96. The molecule has 7 nitrogen and oxygen atoms in total. The first kappa shape index (κ1) is 28.2. The molecule has 2 aromatic rings. The number of benzene rings is 1. The Bertz CT molecular complexity index is 1100. The SMILES string of the molecule is COC(=O)c1sc(-c2cccc(N(CC3CCCCC3)C(C)=O)c2)c(Br)c1OCC(=O)OC(C)(C)C. The molecule has 3 rings (SSSR count). The van der Waals surface area contributed by atoms with Gasteiger partial charge in [-0.05, 0) is 73.2 Å². The Hall–Kier alpha value is -2.39. The summed E-state index contributed by atoms with van der Waals surface area (Å²) < 4.78 is 16.5. The number of esters is 2. The number of hydrogen-bond acceptors (Lipinski definition) is 7. The minimum absolute atomic E-state index is 0.000369. The minimum Gasteiger partial charge on any atom is -0.479 e. The van der Waals surface area contributed by atoms with Crippen molar-refractivity contribution in [3.63, 3.8) is 0 Å². The molecule has 196 valence electrons. The van der Waals surface area contributed by atoms with Crippen molar-refractivity contribution >= 4 is 50.8 Å². The highest BCUT2D eigenvalue weighted by molar-refractivity contribution is 9.10. The molecule has 0 saturated heterocycles. The van der Waals surface area contributed by atoms with Crippen molar-refractivity contribution in [2.45, 2.75) is 65.4 Å². The summed E-state index contributed by atoms with van der Waals surface area (Å²) >= 11 is 4.76. The molecule has 0 radical (unpaired) electrons. The van der Waals surface area contributed by atoms with E-state index in [-0.39, 0.29) is 23.1 Å². The highest BCUT2D eigenvalue weighted by Gasteiger charge is 2.27. The first-order valence-electron chi connectivity index (χ1n) is 12.1. The maximum Gasteiger partial charge on any atom is 0.351 e. The molecule has 1 amide bonds. The molecule has 36 heavy (non-hydrogen) atoms. The average Bonchev–Trinajstić information content (AvgIpc) is 3.16. The number of methoxy groups -OCH3 is 1. The zero-order valence-corrected chi connectivity index (χ0v) is 23.9. The average molecular weight is 581 g/mol. The van der Waals surface area contributed by atoms with Gasteiger partial charge in [-0.1, -0.05) is 31.4 Å². The zero-order valence-electron chi connectivity index (χ0n) is 21.5.